The van der Waals surface area contributed by atoms with Crippen molar-refractivity contribution < 1.29 is 14.7 Å². The molecule has 0 spiro atoms. The number of aliphatic carboxylic acids is 1. The lowest BCUT2D eigenvalue weighted by Crippen LogP contribution is -2.47. The first-order chi connectivity index (χ1) is 13.5. The molecule has 28 heavy (non-hydrogen) atoms. The predicted octanol–water partition coefficient (Wildman–Crippen LogP) is 2.79. The van der Waals surface area contributed by atoms with E-state index < -0.39 is 11.4 Å². The average molecular weight is 386 g/mol. The van der Waals surface area contributed by atoms with Gasteiger partial charge >= 0.3 is 12.0 Å². The molecule has 4 rings (SSSR count). The van der Waals surface area contributed by atoms with Crippen LogP contribution in [0.1, 0.15) is 38.2 Å². The number of nitrogens with zero attached hydrogens (tertiary/aromatic N) is 2. The lowest BCUT2D eigenvalue weighted by Gasteiger charge is -2.26. The molecule has 6 nitrogen and oxygen atoms in total. The van der Waals surface area contributed by atoms with Crippen molar-refractivity contribution in [1.29, 1.82) is 0 Å². The Hall–Kier alpha value is -2.08. The van der Waals surface area contributed by atoms with E-state index in [2.05, 4.69) is 41.4 Å². The van der Waals surface area contributed by atoms with E-state index in [0.717, 1.165) is 38.9 Å². The summed E-state index contributed by atoms with van der Waals surface area (Å²) in [5.41, 5.74) is 0.614. The Balaban J connectivity index is 1.29. The molecule has 2 heterocycles. The third-order valence-electron chi connectivity index (χ3n) is 7.20. The van der Waals surface area contributed by atoms with Crippen LogP contribution < -0.4 is 5.32 Å². The van der Waals surface area contributed by atoms with Crippen LogP contribution in [0, 0.1) is 17.3 Å². The zero-order valence-corrected chi connectivity index (χ0v) is 16.6. The largest absolute Gasteiger partial charge is 0.481 e. The molecular weight excluding hydrogens is 354 g/mol. The van der Waals surface area contributed by atoms with Gasteiger partial charge < -0.3 is 15.3 Å². The fraction of sp³-hybridized carbons (Fsp3) is 0.636. The van der Waals surface area contributed by atoms with E-state index in [9.17, 15) is 14.7 Å². The maximum atomic E-state index is 12.8. The number of nitrogens with one attached hydrogen (secondary N) is 1. The van der Waals surface area contributed by atoms with Gasteiger partial charge in [0.1, 0.15) is 0 Å². The minimum atomic E-state index is -0.731. The summed E-state index contributed by atoms with van der Waals surface area (Å²) >= 11 is 0. The highest BCUT2D eigenvalue weighted by atomic mass is 16.4. The van der Waals surface area contributed by atoms with Crippen LogP contribution in [0.4, 0.5) is 4.79 Å². The van der Waals surface area contributed by atoms with Crippen LogP contribution >= 0.6 is 0 Å². The molecule has 1 aliphatic carbocycles. The minimum Gasteiger partial charge on any atom is -0.481 e. The highest BCUT2D eigenvalue weighted by Gasteiger charge is 2.55. The quantitative estimate of drug-likeness (QED) is 0.818. The number of carboxylic acids is 1. The van der Waals surface area contributed by atoms with E-state index in [1.54, 1.807) is 4.90 Å². The van der Waals surface area contributed by atoms with Gasteiger partial charge in [0.25, 0.3) is 0 Å². The van der Waals surface area contributed by atoms with Crippen LogP contribution in [0.5, 0.6) is 0 Å². The Bertz CT molecular complexity index is 725. The number of carbonyl (C=O) groups excluding carboxylic acids is 1. The molecule has 2 amide bonds. The Labute approximate surface area is 166 Å². The predicted molar refractivity (Wildman–Crippen MR) is 107 cm³/mol. The van der Waals surface area contributed by atoms with E-state index in [1.165, 1.54) is 5.56 Å². The molecule has 1 aromatic rings. The first-order valence-electron chi connectivity index (χ1n) is 10.5. The number of rotatable bonds is 5. The summed E-state index contributed by atoms with van der Waals surface area (Å²) in [5.74, 6) is -0.187. The van der Waals surface area contributed by atoms with Gasteiger partial charge in [-0.2, -0.15) is 0 Å². The van der Waals surface area contributed by atoms with Gasteiger partial charge in [0.05, 0.1) is 5.41 Å². The summed E-state index contributed by atoms with van der Waals surface area (Å²) in [7, 11) is 0. The van der Waals surface area contributed by atoms with Crippen LogP contribution in [0.2, 0.25) is 0 Å². The third-order valence-corrected chi connectivity index (χ3v) is 7.20. The van der Waals surface area contributed by atoms with Crippen molar-refractivity contribution in [2.24, 2.45) is 17.3 Å². The fourth-order valence-corrected chi connectivity index (χ4v) is 5.45. The van der Waals surface area contributed by atoms with Crippen molar-refractivity contribution in [3.05, 3.63) is 35.9 Å². The molecule has 2 saturated heterocycles. The van der Waals surface area contributed by atoms with E-state index >= 15 is 0 Å². The Morgan fingerprint density at radius 1 is 1.25 bits per heavy atom. The normalized spacial score (nSPS) is 31.0. The zero-order chi connectivity index (χ0) is 19.7. The molecule has 2 aliphatic heterocycles. The van der Waals surface area contributed by atoms with E-state index in [4.69, 9.17) is 0 Å². The van der Waals surface area contributed by atoms with Crippen LogP contribution in [-0.2, 0) is 11.3 Å². The topological polar surface area (TPSA) is 72.9 Å². The molecule has 152 valence electrons. The number of amides is 2. The van der Waals surface area contributed by atoms with E-state index in [1.807, 2.05) is 6.07 Å². The van der Waals surface area contributed by atoms with Crippen molar-refractivity contribution in [3.8, 4) is 0 Å². The van der Waals surface area contributed by atoms with Crippen LogP contribution in [-0.4, -0.2) is 59.1 Å². The van der Waals surface area contributed by atoms with Crippen molar-refractivity contribution in [3.63, 3.8) is 0 Å². The van der Waals surface area contributed by atoms with Crippen LogP contribution in [0.25, 0.3) is 0 Å². The summed E-state index contributed by atoms with van der Waals surface area (Å²) in [6.45, 7) is 6.00. The Kier molecular flexibility index (Phi) is 5.32. The smallest absolute Gasteiger partial charge is 0.317 e. The molecule has 1 saturated carbocycles. The van der Waals surface area contributed by atoms with Crippen molar-refractivity contribution in [2.45, 2.75) is 45.2 Å². The molecule has 3 aliphatic rings. The maximum Gasteiger partial charge on any atom is 0.317 e. The van der Waals surface area contributed by atoms with Gasteiger partial charge in [-0.25, -0.2) is 4.79 Å². The van der Waals surface area contributed by atoms with Crippen molar-refractivity contribution in [1.82, 2.24) is 15.1 Å². The number of fused-ring (bicyclic) bond motifs is 1. The highest BCUT2D eigenvalue weighted by Crippen LogP contribution is 2.48. The van der Waals surface area contributed by atoms with E-state index in [-0.39, 0.29) is 18.0 Å². The molecule has 3 fully saturated rings. The van der Waals surface area contributed by atoms with Gasteiger partial charge in [-0.1, -0.05) is 36.8 Å². The molecule has 0 bridgehead atoms. The van der Waals surface area contributed by atoms with Gasteiger partial charge in [0, 0.05) is 32.2 Å². The average Bonchev–Trinajstić information content (AvgIpc) is 3.36. The number of benzene rings is 1. The number of urea groups is 1. The van der Waals surface area contributed by atoms with Gasteiger partial charge in [-0.05, 0) is 50.1 Å². The summed E-state index contributed by atoms with van der Waals surface area (Å²) in [6.07, 6.45) is 3.66. The molecule has 0 aromatic heterocycles. The molecule has 2 N–H and O–H groups in total. The first-order valence-corrected chi connectivity index (χ1v) is 10.5. The minimum absolute atomic E-state index is 0.0921. The van der Waals surface area contributed by atoms with Crippen LogP contribution in [0.15, 0.2) is 30.3 Å². The van der Waals surface area contributed by atoms with Crippen molar-refractivity contribution in [2.75, 3.05) is 26.2 Å². The highest BCUT2D eigenvalue weighted by molar-refractivity contribution is 5.80. The molecule has 1 aromatic carbocycles. The van der Waals surface area contributed by atoms with E-state index in [0.29, 0.717) is 25.4 Å². The monoisotopic (exact) mass is 385 g/mol. The molecule has 4 atom stereocenters. The molecular formula is C22H31N3O3. The summed E-state index contributed by atoms with van der Waals surface area (Å²) < 4.78 is 0. The maximum absolute atomic E-state index is 12.8. The lowest BCUT2D eigenvalue weighted by molar-refractivity contribution is -0.149. The Morgan fingerprint density at radius 2 is 2.04 bits per heavy atom. The summed E-state index contributed by atoms with van der Waals surface area (Å²) in [6, 6.07) is 10.5. The second-order valence-corrected chi connectivity index (χ2v) is 8.94. The number of carbonyl (C=O) groups is 2. The fourth-order valence-electron chi connectivity index (χ4n) is 5.45. The van der Waals surface area contributed by atoms with Gasteiger partial charge in [0.2, 0.25) is 0 Å². The Morgan fingerprint density at radius 3 is 2.75 bits per heavy atom. The SMILES string of the molecule is CC(NC(=O)N1C[C@@H]2CCC[C@@]2(C(=O)O)C1)C1CCN(Cc2ccccc2)C1. The number of hydrogen-bond acceptors (Lipinski definition) is 3. The molecule has 6 heteroatoms. The van der Waals surface area contributed by atoms with Gasteiger partial charge in [-0.15, -0.1) is 0 Å². The lowest BCUT2D eigenvalue weighted by atomic mass is 9.81. The molecule has 0 radical (unpaired) electrons. The zero-order valence-electron chi connectivity index (χ0n) is 16.6. The number of likely N-dealkylation sites (tertiary alicyclic amines) is 2. The number of carboxylic acid groups (broad SMARTS) is 1. The second kappa shape index (κ2) is 7.74. The standard InChI is InChI=1S/C22H31N3O3/c1-16(18-9-11-24(13-18)12-17-6-3-2-4-7-17)23-21(28)25-14-19-8-5-10-22(19,15-25)20(26)27/h2-4,6-7,16,18-19H,5,8-15H2,1H3,(H,23,28)(H,26,27)/t16?,18?,19-,22+/m0/s1. The van der Waals surface area contributed by atoms with Gasteiger partial charge in [-0.3, -0.25) is 9.69 Å². The number of hydrogen-bond donors (Lipinski definition) is 2. The van der Waals surface area contributed by atoms with Crippen LogP contribution in [0.3, 0.4) is 0 Å². The summed E-state index contributed by atoms with van der Waals surface area (Å²) in [4.78, 5) is 28.8. The molecule has 2 unspecified atom stereocenters. The van der Waals surface area contributed by atoms with Crippen molar-refractivity contribution >= 4 is 12.0 Å². The van der Waals surface area contributed by atoms with Gasteiger partial charge in [0.15, 0.2) is 0 Å². The second-order valence-electron chi connectivity index (χ2n) is 8.94. The summed E-state index contributed by atoms with van der Waals surface area (Å²) in [5, 5.41) is 12.9. The first kappa shape index (κ1) is 19.2. The third kappa shape index (κ3) is 3.62.